The highest BCUT2D eigenvalue weighted by Gasteiger charge is 2.27. The van der Waals surface area contributed by atoms with Crippen molar-refractivity contribution in [1.29, 1.82) is 0 Å². The third-order valence-electron chi connectivity index (χ3n) is 2.62. The molecule has 0 aromatic carbocycles. The molecule has 0 saturated carbocycles. The van der Waals surface area contributed by atoms with Crippen LogP contribution in [0.5, 0.6) is 0 Å². The van der Waals surface area contributed by atoms with Gasteiger partial charge in [0.05, 0.1) is 6.04 Å². The second-order valence-electron chi connectivity index (χ2n) is 3.61. The number of nitrogens with zero attached hydrogens (tertiary/aromatic N) is 2. The van der Waals surface area contributed by atoms with Crippen molar-refractivity contribution < 1.29 is 9.90 Å². The van der Waals surface area contributed by atoms with Crippen LogP contribution in [0.4, 0.5) is 4.79 Å². The standard InChI is InChI=1S/C10H12ClN3O2/c11-9-5-7(1-2-13-9)8-6-12-3-4-14(8)10(15)16/h1-2,5,8,12H,3-4,6H2,(H,15,16). The number of piperazine rings is 1. The van der Waals surface area contributed by atoms with E-state index >= 15 is 0 Å². The maximum absolute atomic E-state index is 11.1. The average molecular weight is 242 g/mol. The fourth-order valence-corrected chi connectivity index (χ4v) is 2.04. The topological polar surface area (TPSA) is 65.5 Å². The van der Waals surface area contributed by atoms with Gasteiger partial charge in [0.2, 0.25) is 0 Å². The van der Waals surface area contributed by atoms with Gasteiger partial charge in [-0.3, -0.25) is 4.90 Å². The van der Waals surface area contributed by atoms with Gasteiger partial charge in [-0.15, -0.1) is 0 Å². The summed E-state index contributed by atoms with van der Waals surface area (Å²) < 4.78 is 0. The largest absolute Gasteiger partial charge is 0.465 e. The van der Waals surface area contributed by atoms with Crippen LogP contribution in [0, 0.1) is 0 Å². The normalized spacial score (nSPS) is 20.8. The van der Waals surface area contributed by atoms with Crippen molar-refractivity contribution in [2.45, 2.75) is 6.04 Å². The van der Waals surface area contributed by atoms with Crippen LogP contribution in [-0.2, 0) is 0 Å². The predicted molar refractivity (Wildman–Crippen MR) is 59.6 cm³/mol. The Bertz CT molecular complexity index is 399. The summed E-state index contributed by atoms with van der Waals surface area (Å²) in [6.45, 7) is 1.77. The molecule has 1 aromatic heterocycles. The molecule has 1 fully saturated rings. The summed E-state index contributed by atoms with van der Waals surface area (Å²) >= 11 is 5.79. The second-order valence-corrected chi connectivity index (χ2v) is 4.00. The molecule has 0 radical (unpaired) electrons. The van der Waals surface area contributed by atoms with Crippen LogP contribution in [0.2, 0.25) is 5.15 Å². The minimum atomic E-state index is -0.903. The Labute approximate surface area is 98.0 Å². The molecular formula is C10H12ClN3O2. The van der Waals surface area contributed by atoms with E-state index in [2.05, 4.69) is 10.3 Å². The molecule has 0 spiro atoms. The summed E-state index contributed by atoms with van der Waals surface area (Å²) in [5.41, 5.74) is 0.870. The van der Waals surface area contributed by atoms with Crippen molar-refractivity contribution in [3.63, 3.8) is 0 Å². The number of pyridine rings is 1. The zero-order valence-electron chi connectivity index (χ0n) is 8.56. The van der Waals surface area contributed by atoms with Crippen molar-refractivity contribution >= 4 is 17.7 Å². The molecule has 16 heavy (non-hydrogen) atoms. The minimum Gasteiger partial charge on any atom is -0.465 e. The first-order valence-corrected chi connectivity index (χ1v) is 5.38. The first kappa shape index (κ1) is 11.2. The number of hydrogen-bond donors (Lipinski definition) is 2. The number of carbonyl (C=O) groups is 1. The van der Waals surface area contributed by atoms with Crippen LogP contribution in [-0.4, -0.2) is 40.7 Å². The van der Waals surface area contributed by atoms with Crippen LogP contribution in [0.25, 0.3) is 0 Å². The van der Waals surface area contributed by atoms with Crippen LogP contribution in [0.1, 0.15) is 11.6 Å². The lowest BCUT2D eigenvalue weighted by atomic mass is 10.1. The predicted octanol–water partition coefficient (Wildman–Crippen LogP) is 1.36. The van der Waals surface area contributed by atoms with E-state index in [1.165, 1.54) is 4.90 Å². The Kier molecular flexibility index (Phi) is 3.26. The average Bonchev–Trinajstić information content (AvgIpc) is 2.29. The number of nitrogens with one attached hydrogen (secondary N) is 1. The lowest BCUT2D eigenvalue weighted by Gasteiger charge is -2.34. The van der Waals surface area contributed by atoms with Crippen molar-refractivity contribution in [3.8, 4) is 0 Å². The van der Waals surface area contributed by atoms with E-state index < -0.39 is 6.09 Å². The summed E-state index contributed by atoms with van der Waals surface area (Å²) in [4.78, 5) is 16.4. The molecule has 1 aliphatic rings. The quantitative estimate of drug-likeness (QED) is 0.729. The SMILES string of the molecule is O=C(O)N1CCNCC1c1ccnc(Cl)c1. The molecule has 1 atom stereocenters. The number of aromatic nitrogens is 1. The van der Waals surface area contributed by atoms with E-state index in [4.69, 9.17) is 16.7 Å². The summed E-state index contributed by atoms with van der Waals surface area (Å²) in [5.74, 6) is 0. The molecule has 1 amide bonds. The highest BCUT2D eigenvalue weighted by molar-refractivity contribution is 6.29. The number of rotatable bonds is 1. The van der Waals surface area contributed by atoms with Crippen molar-refractivity contribution in [2.75, 3.05) is 19.6 Å². The Morgan fingerprint density at radius 1 is 1.69 bits per heavy atom. The van der Waals surface area contributed by atoms with Gasteiger partial charge in [0, 0.05) is 25.8 Å². The van der Waals surface area contributed by atoms with E-state index in [9.17, 15) is 4.79 Å². The minimum absolute atomic E-state index is 0.188. The van der Waals surface area contributed by atoms with Crippen LogP contribution >= 0.6 is 11.6 Å². The summed E-state index contributed by atoms with van der Waals surface area (Å²) in [7, 11) is 0. The molecule has 1 unspecified atom stereocenters. The number of carboxylic acid groups (broad SMARTS) is 1. The highest BCUT2D eigenvalue weighted by atomic mass is 35.5. The molecule has 2 heterocycles. The molecular weight excluding hydrogens is 230 g/mol. The molecule has 1 aromatic rings. The molecule has 0 bridgehead atoms. The summed E-state index contributed by atoms with van der Waals surface area (Å²) in [5, 5.41) is 12.6. The lowest BCUT2D eigenvalue weighted by molar-refractivity contribution is 0.112. The molecule has 2 rings (SSSR count). The maximum atomic E-state index is 11.1. The second kappa shape index (κ2) is 4.67. The Balaban J connectivity index is 2.26. The zero-order valence-corrected chi connectivity index (χ0v) is 9.31. The smallest absolute Gasteiger partial charge is 0.407 e. The van der Waals surface area contributed by atoms with Gasteiger partial charge >= 0.3 is 6.09 Å². The fraction of sp³-hybridized carbons (Fsp3) is 0.400. The van der Waals surface area contributed by atoms with Gasteiger partial charge in [0.25, 0.3) is 0 Å². The highest BCUT2D eigenvalue weighted by Crippen LogP contribution is 2.23. The molecule has 1 aliphatic heterocycles. The molecule has 1 saturated heterocycles. The Morgan fingerprint density at radius 2 is 2.50 bits per heavy atom. The summed E-state index contributed by atoms with van der Waals surface area (Å²) in [6.07, 6.45) is 0.686. The fourth-order valence-electron chi connectivity index (χ4n) is 1.86. The molecule has 0 aliphatic carbocycles. The van der Waals surface area contributed by atoms with Gasteiger partial charge in [-0.1, -0.05) is 11.6 Å². The third kappa shape index (κ3) is 2.25. The summed E-state index contributed by atoms with van der Waals surface area (Å²) in [6, 6.07) is 3.31. The molecule has 5 nitrogen and oxygen atoms in total. The van der Waals surface area contributed by atoms with Gasteiger partial charge in [-0.25, -0.2) is 9.78 Å². The molecule has 2 N–H and O–H groups in total. The van der Waals surface area contributed by atoms with Gasteiger partial charge in [-0.2, -0.15) is 0 Å². The first-order valence-electron chi connectivity index (χ1n) is 5.00. The first-order chi connectivity index (χ1) is 7.68. The van der Waals surface area contributed by atoms with Gasteiger partial charge < -0.3 is 10.4 Å². The van der Waals surface area contributed by atoms with Crippen LogP contribution in [0.3, 0.4) is 0 Å². The molecule has 86 valence electrons. The van der Waals surface area contributed by atoms with Crippen molar-refractivity contribution in [2.24, 2.45) is 0 Å². The monoisotopic (exact) mass is 241 g/mol. The number of amides is 1. The van der Waals surface area contributed by atoms with Crippen molar-refractivity contribution in [1.82, 2.24) is 15.2 Å². The maximum Gasteiger partial charge on any atom is 0.407 e. The van der Waals surface area contributed by atoms with Gasteiger partial charge in [-0.05, 0) is 17.7 Å². The molecule has 6 heteroatoms. The Morgan fingerprint density at radius 3 is 3.19 bits per heavy atom. The van der Waals surface area contributed by atoms with Gasteiger partial charge in [0.15, 0.2) is 0 Å². The van der Waals surface area contributed by atoms with E-state index in [0.29, 0.717) is 24.8 Å². The van der Waals surface area contributed by atoms with Crippen molar-refractivity contribution in [3.05, 3.63) is 29.0 Å². The zero-order chi connectivity index (χ0) is 11.5. The third-order valence-corrected chi connectivity index (χ3v) is 2.83. The van der Waals surface area contributed by atoms with E-state index in [0.717, 1.165) is 5.56 Å². The van der Waals surface area contributed by atoms with Gasteiger partial charge in [0.1, 0.15) is 5.15 Å². The van der Waals surface area contributed by atoms with Crippen LogP contribution < -0.4 is 5.32 Å². The number of halogens is 1. The lowest BCUT2D eigenvalue weighted by Crippen LogP contribution is -2.48. The van der Waals surface area contributed by atoms with E-state index in [1.807, 2.05) is 0 Å². The number of hydrogen-bond acceptors (Lipinski definition) is 3. The Hall–Kier alpha value is -1.33. The van der Waals surface area contributed by atoms with E-state index in [-0.39, 0.29) is 6.04 Å². The van der Waals surface area contributed by atoms with E-state index in [1.54, 1.807) is 18.3 Å². The van der Waals surface area contributed by atoms with Crippen LogP contribution in [0.15, 0.2) is 18.3 Å².